The highest BCUT2D eigenvalue weighted by Gasteiger charge is 2.17. The highest BCUT2D eigenvalue weighted by Crippen LogP contribution is 2.37. The van der Waals surface area contributed by atoms with Crippen LogP contribution in [0.15, 0.2) is 53.5 Å². The van der Waals surface area contributed by atoms with Crippen molar-refractivity contribution in [3.63, 3.8) is 0 Å². The minimum Gasteiger partial charge on any atom is -0.454 e. The van der Waals surface area contributed by atoms with Crippen molar-refractivity contribution in [3.05, 3.63) is 64.6 Å². The Labute approximate surface area is 183 Å². The summed E-state index contributed by atoms with van der Waals surface area (Å²) < 4.78 is 22.7. The predicted molar refractivity (Wildman–Crippen MR) is 116 cm³/mol. The summed E-state index contributed by atoms with van der Waals surface area (Å²) in [6.45, 7) is 1.01. The maximum absolute atomic E-state index is 12.7. The van der Waals surface area contributed by atoms with E-state index in [4.69, 9.17) is 18.9 Å². The summed E-state index contributed by atoms with van der Waals surface area (Å²) in [5.41, 5.74) is 0.936. The van der Waals surface area contributed by atoms with Crippen LogP contribution in [0.2, 0.25) is 0 Å². The van der Waals surface area contributed by atoms with Crippen molar-refractivity contribution in [3.8, 4) is 23.0 Å². The molecule has 4 rings (SSSR count). The van der Waals surface area contributed by atoms with Gasteiger partial charge in [-0.3, -0.25) is 9.59 Å². The zero-order chi connectivity index (χ0) is 22.5. The van der Waals surface area contributed by atoms with Crippen LogP contribution in [0, 0.1) is 0 Å². The third-order valence-electron chi connectivity index (χ3n) is 4.68. The molecule has 2 heterocycles. The van der Waals surface area contributed by atoms with Gasteiger partial charge >= 0.3 is 0 Å². The van der Waals surface area contributed by atoms with Crippen molar-refractivity contribution in [1.29, 1.82) is 0 Å². The van der Waals surface area contributed by atoms with Gasteiger partial charge in [-0.2, -0.15) is 5.10 Å². The number of anilines is 2. The van der Waals surface area contributed by atoms with E-state index >= 15 is 0 Å². The molecular formula is C22H22N4O6. The van der Waals surface area contributed by atoms with Crippen LogP contribution in [0.4, 0.5) is 11.4 Å². The highest BCUT2D eigenvalue weighted by atomic mass is 16.7. The van der Waals surface area contributed by atoms with Crippen LogP contribution in [-0.2, 0) is 11.8 Å². The normalized spacial score (nSPS) is 11.8. The molecule has 0 fully saturated rings. The van der Waals surface area contributed by atoms with Crippen LogP contribution in [0.3, 0.4) is 0 Å². The number of methoxy groups -OCH3 is 1. The molecule has 166 valence electrons. The van der Waals surface area contributed by atoms with Crippen LogP contribution >= 0.6 is 0 Å². The Kier molecular flexibility index (Phi) is 6.22. The van der Waals surface area contributed by atoms with E-state index in [0.29, 0.717) is 41.7 Å². The highest BCUT2D eigenvalue weighted by molar-refractivity contribution is 5.94. The average molecular weight is 438 g/mol. The fourth-order valence-corrected chi connectivity index (χ4v) is 3.00. The lowest BCUT2D eigenvalue weighted by atomic mass is 10.2. The van der Waals surface area contributed by atoms with E-state index in [1.165, 1.54) is 10.9 Å². The first-order valence-corrected chi connectivity index (χ1v) is 9.83. The molecule has 0 saturated heterocycles. The monoisotopic (exact) mass is 438 g/mol. The van der Waals surface area contributed by atoms with Gasteiger partial charge in [-0.1, -0.05) is 0 Å². The number of amides is 1. The van der Waals surface area contributed by atoms with Gasteiger partial charge in [0.1, 0.15) is 5.75 Å². The second-order valence-corrected chi connectivity index (χ2v) is 6.88. The summed E-state index contributed by atoms with van der Waals surface area (Å²) in [5, 5.41) is 9.86. The van der Waals surface area contributed by atoms with E-state index in [-0.39, 0.29) is 29.7 Å². The van der Waals surface area contributed by atoms with E-state index in [0.717, 1.165) is 0 Å². The number of hydrogen-bond acceptors (Lipinski definition) is 8. The molecule has 0 radical (unpaired) electrons. The fourth-order valence-electron chi connectivity index (χ4n) is 3.00. The number of benzene rings is 2. The molecule has 10 nitrogen and oxygen atoms in total. The first-order valence-electron chi connectivity index (χ1n) is 9.83. The first-order chi connectivity index (χ1) is 15.5. The lowest BCUT2D eigenvalue weighted by Crippen LogP contribution is -2.26. The lowest BCUT2D eigenvalue weighted by Gasteiger charge is -2.13. The molecule has 32 heavy (non-hydrogen) atoms. The lowest BCUT2D eigenvalue weighted by molar-refractivity contribution is 0.0937. The second kappa shape index (κ2) is 9.40. The van der Waals surface area contributed by atoms with Crippen LogP contribution in [0.5, 0.6) is 23.0 Å². The quantitative estimate of drug-likeness (QED) is 0.516. The molecule has 0 atom stereocenters. The fraction of sp³-hybridized carbons (Fsp3) is 0.227. The summed E-state index contributed by atoms with van der Waals surface area (Å²) in [7, 11) is 3.12. The summed E-state index contributed by atoms with van der Waals surface area (Å²) in [6.07, 6.45) is 1.45. The maximum Gasteiger partial charge on any atom is 0.294 e. The summed E-state index contributed by atoms with van der Waals surface area (Å²) >= 11 is 0. The number of carbonyl (C=O) groups is 1. The maximum atomic E-state index is 12.7. The molecule has 0 saturated carbocycles. The Morgan fingerprint density at radius 3 is 2.72 bits per heavy atom. The summed E-state index contributed by atoms with van der Waals surface area (Å²) in [6, 6.07) is 11.9. The van der Waals surface area contributed by atoms with Gasteiger partial charge in [-0.25, -0.2) is 4.68 Å². The van der Waals surface area contributed by atoms with E-state index < -0.39 is 0 Å². The van der Waals surface area contributed by atoms with Gasteiger partial charge in [0, 0.05) is 38.0 Å². The van der Waals surface area contributed by atoms with E-state index in [1.54, 1.807) is 56.6 Å². The van der Waals surface area contributed by atoms with Crippen LogP contribution < -0.4 is 30.4 Å². The Balaban J connectivity index is 1.54. The number of fused-ring (bicyclic) bond motifs is 1. The van der Waals surface area contributed by atoms with Crippen LogP contribution in [0.25, 0.3) is 0 Å². The number of nitrogens with zero attached hydrogens (tertiary/aromatic N) is 2. The van der Waals surface area contributed by atoms with Crippen molar-refractivity contribution in [2.24, 2.45) is 7.05 Å². The van der Waals surface area contributed by atoms with E-state index in [2.05, 4.69) is 15.7 Å². The topological polar surface area (TPSA) is 113 Å². The first kappa shape index (κ1) is 21.2. The number of aryl methyl sites for hydroxylation is 1. The van der Waals surface area contributed by atoms with Gasteiger partial charge in [0.05, 0.1) is 12.8 Å². The molecule has 2 N–H and O–H groups in total. The molecule has 1 aromatic heterocycles. The van der Waals surface area contributed by atoms with Crippen molar-refractivity contribution >= 4 is 17.3 Å². The van der Waals surface area contributed by atoms with Crippen LogP contribution in [-0.4, -0.2) is 42.7 Å². The zero-order valence-electron chi connectivity index (χ0n) is 17.6. The number of carbonyl (C=O) groups excluding carboxylic acids is 1. The van der Waals surface area contributed by atoms with Crippen molar-refractivity contribution < 1.29 is 23.7 Å². The number of aromatic nitrogens is 2. The number of rotatable bonds is 8. The molecule has 0 aliphatic carbocycles. The Morgan fingerprint density at radius 2 is 1.94 bits per heavy atom. The molecule has 2 aromatic carbocycles. The largest absolute Gasteiger partial charge is 0.454 e. The van der Waals surface area contributed by atoms with Gasteiger partial charge in [0.15, 0.2) is 22.9 Å². The third-order valence-corrected chi connectivity index (χ3v) is 4.68. The van der Waals surface area contributed by atoms with Gasteiger partial charge < -0.3 is 29.6 Å². The second-order valence-electron chi connectivity index (χ2n) is 6.88. The Hall–Kier alpha value is -4.05. The molecular weight excluding hydrogens is 416 g/mol. The van der Waals surface area contributed by atoms with Gasteiger partial charge in [-0.05, 0) is 36.4 Å². The van der Waals surface area contributed by atoms with Crippen LogP contribution in [0.1, 0.15) is 10.4 Å². The van der Waals surface area contributed by atoms with Crippen molar-refractivity contribution in [1.82, 2.24) is 15.1 Å². The third kappa shape index (κ3) is 4.65. The van der Waals surface area contributed by atoms with Gasteiger partial charge in [0.25, 0.3) is 11.5 Å². The smallest absolute Gasteiger partial charge is 0.294 e. The molecule has 3 aromatic rings. The molecule has 0 unspecified atom stereocenters. The van der Waals surface area contributed by atoms with E-state index in [1.807, 2.05) is 0 Å². The zero-order valence-corrected chi connectivity index (χ0v) is 17.6. The van der Waals surface area contributed by atoms with E-state index in [9.17, 15) is 9.59 Å². The molecule has 0 bridgehead atoms. The van der Waals surface area contributed by atoms with Crippen molar-refractivity contribution in [2.75, 3.05) is 32.4 Å². The molecule has 10 heteroatoms. The number of hydrogen-bond donors (Lipinski definition) is 2. The molecule has 1 aliphatic rings. The molecule has 1 amide bonds. The van der Waals surface area contributed by atoms with Gasteiger partial charge in [0.2, 0.25) is 6.79 Å². The van der Waals surface area contributed by atoms with Gasteiger partial charge in [-0.15, -0.1) is 0 Å². The molecule has 1 aliphatic heterocycles. The summed E-state index contributed by atoms with van der Waals surface area (Å²) in [5.74, 6) is 1.70. The number of ether oxygens (including phenoxy) is 4. The minimum atomic E-state index is -0.371. The standard InChI is InChI=1S/C22H22N4O6/c1-26-22(28)20(25-15-5-3-14(4-6-15)21(27)23-9-10-29-2)19(12-24-26)32-16-7-8-17-18(11-16)31-13-30-17/h3-8,11-12,25H,9-10,13H2,1-2H3,(H,23,27). The Morgan fingerprint density at radius 1 is 1.16 bits per heavy atom. The average Bonchev–Trinajstić information content (AvgIpc) is 3.27. The molecule has 0 spiro atoms. The predicted octanol–water partition coefficient (Wildman–Crippen LogP) is 2.42. The SMILES string of the molecule is COCCNC(=O)c1ccc(Nc2c(Oc3ccc4c(c3)OCO4)cnn(C)c2=O)cc1. The van der Waals surface area contributed by atoms with Crippen molar-refractivity contribution in [2.45, 2.75) is 0 Å². The summed E-state index contributed by atoms with van der Waals surface area (Å²) in [4.78, 5) is 24.9. The Bertz CT molecular complexity index is 1180. The minimum absolute atomic E-state index is 0.152. The number of nitrogens with one attached hydrogen (secondary N) is 2.